The Morgan fingerprint density at radius 1 is 1.43 bits per heavy atom. The van der Waals surface area contributed by atoms with Gasteiger partial charge in [0.25, 0.3) is 5.69 Å². The van der Waals surface area contributed by atoms with E-state index >= 15 is 0 Å². The first-order chi connectivity index (χ1) is 6.58. The molecule has 0 radical (unpaired) electrons. The van der Waals surface area contributed by atoms with Crippen LogP contribution in [0.1, 0.15) is 5.56 Å². The number of nitrogen functional groups attached to an aromatic ring is 1. The predicted octanol–water partition coefficient (Wildman–Crippen LogP) is 2.70. The van der Waals surface area contributed by atoms with Crippen LogP contribution < -0.4 is 5.73 Å². The van der Waals surface area contributed by atoms with E-state index in [2.05, 4.69) is 0 Å². The number of anilines is 1. The lowest BCUT2D eigenvalue weighted by Gasteiger charge is -1.96. The molecule has 1 aromatic heterocycles. The van der Waals surface area contributed by atoms with Crippen LogP contribution in [0.4, 0.5) is 10.7 Å². The van der Waals surface area contributed by atoms with Crippen molar-refractivity contribution in [2.45, 2.75) is 6.92 Å². The SMILES string of the molecule is Cc1cc2sc(N)cc2cc1[N+](=O)[O-]. The Labute approximate surface area is 84.1 Å². The number of benzene rings is 1. The molecule has 2 aromatic rings. The number of rotatable bonds is 1. The van der Waals surface area contributed by atoms with E-state index in [1.54, 1.807) is 25.1 Å². The van der Waals surface area contributed by atoms with Crippen molar-refractivity contribution in [3.05, 3.63) is 33.9 Å². The van der Waals surface area contributed by atoms with Gasteiger partial charge in [-0.15, -0.1) is 11.3 Å². The van der Waals surface area contributed by atoms with E-state index in [0.717, 1.165) is 10.1 Å². The van der Waals surface area contributed by atoms with Gasteiger partial charge in [0.2, 0.25) is 0 Å². The second-order valence-corrected chi connectivity index (χ2v) is 4.20. The average molecular weight is 208 g/mol. The van der Waals surface area contributed by atoms with Crippen LogP contribution in [0.2, 0.25) is 0 Å². The zero-order valence-electron chi connectivity index (χ0n) is 7.48. The molecule has 0 aliphatic carbocycles. The average Bonchev–Trinajstić information content (AvgIpc) is 2.42. The topological polar surface area (TPSA) is 69.2 Å². The largest absolute Gasteiger partial charge is 0.391 e. The van der Waals surface area contributed by atoms with Gasteiger partial charge >= 0.3 is 0 Å². The molecule has 14 heavy (non-hydrogen) atoms. The quantitative estimate of drug-likeness (QED) is 0.578. The van der Waals surface area contributed by atoms with Crippen LogP contribution in [0.5, 0.6) is 0 Å². The minimum absolute atomic E-state index is 0.148. The number of nitro groups is 1. The second kappa shape index (κ2) is 2.95. The Morgan fingerprint density at radius 2 is 2.14 bits per heavy atom. The molecule has 2 rings (SSSR count). The number of thiophene rings is 1. The molecule has 0 amide bonds. The van der Waals surface area contributed by atoms with Gasteiger partial charge in [-0.2, -0.15) is 0 Å². The summed E-state index contributed by atoms with van der Waals surface area (Å²) in [5.74, 6) is 0. The fraction of sp³-hybridized carbons (Fsp3) is 0.111. The van der Waals surface area contributed by atoms with Gasteiger partial charge in [-0.3, -0.25) is 10.1 Å². The molecule has 5 heteroatoms. The van der Waals surface area contributed by atoms with E-state index in [0.29, 0.717) is 10.6 Å². The summed E-state index contributed by atoms with van der Waals surface area (Å²) in [5, 5.41) is 12.2. The smallest absolute Gasteiger partial charge is 0.272 e. The molecule has 0 atom stereocenters. The van der Waals surface area contributed by atoms with Crippen LogP contribution in [-0.4, -0.2) is 4.92 Å². The van der Waals surface area contributed by atoms with Gasteiger partial charge in [0, 0.05) is 21.7 Å². The first-order valence-electron chi connectivity index (χ1n) is 4.02. The van der Waals surface area contributed by atoms with Gasteiger partial charge in [-0.25, -0.2) is 0 Å². The summed E-state index contributed by atoms with van der Waals surface area (Å²) >= 11 is 1.44. The summed E-state index contributed by atoms with van der Waals surface area (Å²) in [5.41, 5.74) is 6.43. The monoisotopic (exact) mass is 208 g/mol. The lowest BCUT2D eigenvalue weighted by atomic mass is 10.1. The fourth-order valence-corrected chi connectivity index (χ4v) is 2.30. The fourth-order valence-electron chi connectivity index (χ4n) is 1.39. The number of nitrogens with two attached hydrogens (primary N) is 1. The summed E-state index contributed by atoms with van der Waals surface area (Å²) in [4.78, 5) is 10.3. The van der Waals surface area contributed by atoms with Gasteiger partial charge in [0.15, 0.2) is 0 Å². The summed E-state index contributed by atoms with van der Waals surface area (Å²) in [6.07, 6.45) is 0. The van der Waals surface area contributed by atoms with E-state index in [1.807, 2.05) is 0 Å². The lowest BCUT2D eigenvalue weighted by Crippen LogP contribution is -1.90. The molecule has 0 spiro atoms. The van der Waals surface area contributed by atoms with Gasteiger partial charge in [-0.1, -0.05) is 0 Å². The van der Waals surface area contributed by atoms with E-state index in [-0.39, 0.29) is 10.6 Å². The zero-order valence-corrected chi connectivity index (χ0v) is 8.30. The number of hydrogen-bond acceptors (Lipinski definition) is 4. The minimum atomic E-state index is -0.372. The van der Waals surface area contributed by atoms with E-state index in [1.165, 1.54) is 11.3 Å². The summed E-state index contributed by atoms with van der Waals surface area (Å²) in [6.45, 7) is 1.73. The Balaban J connectivity index is 2.76. The van der Waals surface area contributed by atoms with Crippen molar-refractivity contribution >= 4 is 32.1 Å². The van der Waals surface area contributed by atoms with Crippen LogP contribution in [0.15, 0.2) is 18.2 Å². The van der Waals surface area contributed by atoms with Crippen molar-refractivity contribution in [3.8, 4) is 0 Å². The zero-order chi connectivity index (χ0) is 10.3. The highest BCUT2D eigenvalue weighted by atomic mass is 32.1. The molecule has 0 bridgehead atoms. The summed E-state index contributed by atoms with van der Waals surface area (Å²) in [7, 11) is 0. The lowest BCUT2D eigenvalue weighted by molar-refractivity contribution is -0.385. The van der Waals surface area contributed by atoms with E-state index in [9.17, 15) is 10.1 Å². The number of aryl methyl sites for hydroxylation is 1. The van der Waals surface area contributed by atoms with Crippen LogP contribution in [-0.2, 0) is 0 Å². The normalized spacial score (nSPS) is 10.6. The highest BCUT2D eigenvalue weighted by Gasteiger charge is 2.12. The minimum Gasteiger partial charge on any atom is -0.391 e. The molecule has 0 saturated carbocycles. The number of hydrogen-bond donors (Lipinski definition) is 1. The third-order valence-electron chi connectivity index (χ3n) is 2.05. The molecule has 0 aliphatic rings. The van der Waals surface area contributed by atoms with Crippen molar-refractivity contribution in [3.63, 3.8) is 0 Å². The van der Waals surface area contributed by atoms with E-state index in [4.69, 9.17) is 5.73 Å². The standard InChI is InChI=1S/C9H8N2O2S/c1-5-2-8-6(4-9(10)14-8)3-7(5)11(12)13/h2-4H,10H2,1H3. The molecule has 0 fully saturated rings. The van der Waals surface area contributed by atoms with Gasteiger partial charge < -0.3 is 5.73 Å². The third-order valence-corrected chi connectivity index (χ3v) is 2.98. The highest BCUT2D eigenvalue weighted by Crippen LogP contribution is 2.32. The molecular formula is C9H8N2O2S. The highest BCUT2D eigenvalue weighted by molar-refractivity contribution is 7.22. The second-order valence-electron chi connectivity index (χ2n) is 3.08. The molecule has 0 aliphatic heterocycles. The molecule has 4 nitrogen and oxygen atoms in total. The molecule has 0 unspecified atom stereocenters. The van der Waals surface area contributed by atoms with Crippen LogP contribution in [0, 0.1) is 17.0 Å². The van der Waals surface area contributed by atoms with Gasteiger partial charge in [0.1, 0.15) is 0 Å². The molecule has 0 saturated heterocycles. The Kier molecular flexibility index (Phi) is 1.89. The van der Waals surface area contributed by atoms with Crippen molar-refractivity contribution in [2.75, 3.05) is 5.73 Å². The molecular weight excluding hydrogens is 200 g/mol. The number of fused-ring (bicyclic) bond motifs is 1. The first kappa shape index (κ1) is 8.96. The maximum absolute atomic E-state index is 10.6. The third kappa shape index (κ3) is 1.31. The van der Waals surface area contributed by atoms with Crippen LogP contribution in [0.25, 0.3) is 10.1 Å². The Hall–Kier alpha value is -1.62. The predicted molar refractivity (Wildman–Crippen MR) is 57.6 cm³/mol. The van der Waals surface area contributed by atoms with E-state index < -0.39 is 0 Å². The summed E-state index contributed by atoms with van der Waals surface area (Å²) < 4.78 is 0.991. The van der Waals surface area contributed by atoms with Gasteiger partial charge in [-0.05, 0) is 19.1 Å². The molecule has 1 heterocycles. The molecule has 72 valence electrons. The van der Waals surface area contributed by atoms with Crippen molar-refractivity contribution in [1.82, 2.24) is 0 Å². The maximum Gasteiger partial charge on any atom is 0.272 e. The van der Waals surface area contributed by atoms with Crippen LogP contribution in [0.3, 0.4) is 0 Å². The number of nitro benzene ring substituents is 1. The van der Waals surface area contributed by atoms with Crippen LogP contribution >= 0.6 is 11.3 Å². The maximum atomic E-state index is 10.6. The van der Waals surface area contributed by atoms with Crippen molar-refractivity contribution in [1.29, 1.82) is 0 Å². The van der Waals surface area contributed by atoms with Crippen molar-refractivity contribution < 1.29 is 4.92 Å². The summed E-state index contributed by atoms with van der Waals surface area (Å²) in [6, 6.07) is 5.12. The Bertz CT molecular complexity index is 519. The molecule has 2 N–H and O–H groups in total. The Morgan fingerprint density at radius 3 is 2.79 bits per heavy atom. The first-order valence-corrected chi connectivity index (χ1v) is 4.83. The van der Waals surface area contributed by atoms with Gasteiger partial charge in [0.05, 0.1) is 9.92 Å². The number of nitrogens with zero attached hydrogens (tertiary/aromatic N) is 1. The van der Waals surface area contributed by atoms with Crippen molar-refractivity contribution in [2.24, 2.45) is 0 Å². The molecule has 1 aromatic carbocycles.